The number of hydrogen-bond acceptors (Lipinski definition) is 3. The molecule has 79 valence electrons. The predicted molar refractivity (Wildman–Crippen MR) is 56.8 cm³/mol. The van der Waals surface area contributed by atoms with E-state index in [4.69, 9.17) is 0 Å². The topological polar surface area (TPSA) is 42.0 Å². The Morgan fingerprint density at radius 1 is 1.53 bits per heavy atom. The van der Waals surface area contributed by atoms with Crippen LogP contribution in [-0.2, 0) is 30.6 Å². The molecule has 0 bridgehead atoms. The molecule has 0 saturated carbocycles. The van der Waals surface area contributed by atoms with Gasteiger partial charge in [0.25, 0.3) is 0 Å². The van der Waals surface area contributed by atoms with Gasteiger partial charge in [-0.3, -0.25) is 4.98 Å². The van der Waals surface area contributed by atoms with Gasteiger partial charge in [-0.1, -0.05) is 13.8 Å². The van der Waals surface area contributed by atoms with Crippen molar-refractivity contribution in [2.45, 2.75) is 19.9 Å². The number of pyridine rings is 1. The number of carbonyl (C=O) groups excluding carboxylic acids is 1. The minimum Gasteiger partial charge on any atom is -0.376 e. The van der Waals surface area contributed by atoms with Crippen LogP contribution in [0.3, 0.4) is 0 Å². The van der Waals surface area contributed by atoms with Crippen LogP contribution < -0.4 is 5.32 Å². The molecule has 0 saturated heterocycles. The van der Waals surface area contributed by atoms with E-state index in [2.05, 4.69) is 17.2 Å². The number of carbonyl (C=O) groups is 1. The van der Waals surface area contributed by atoms with Gasteiger partial charge in [0.05, 0.1) is 11.7 Å². The van der Waals surface area contributed by atoms with Crippen molar-refractivity contribution in [2.24, 2.45) is 5.92 Å². The summed E-state index contributed by atoms with van der Waals surface area (Å²) in [4.78, 5) is 15.2. The third-order valence-electron chi connectivity index (χ3n) is 2.00. The monoisotopic (exact) mass is 236 g/mol. The Morgan fingerprint density at radius 3 is 2.60 bits per heavy atom. The zero-order chi connectivity index (χ0) is 10.6. The maximum absolute atomic E-state index is 11.2. The SMILES string of the molecule is [CH2-]C(=O)[C@@H](Nc1cccnc1)C(C)C.[Sc]. The van der Waals surface area contributed by atoms with E-state index in [1.54, 1.807) is 12.4 Å². The number of ketones is 1. The van der Waals surface area contributed by atoms with Gasteiger partial charge >= 0.3 is 0 Å². The normalized spacial score (nSPS) is 11.7. The summed E-state index contributed by atoms with van der Waals surface area (Å²) in [6.07, 6.45) is 3.39. The van der Waals surface area contributed by atoms with Crippen molar-refractivity contribution in [2.75, 3.05) is 5.32 Å². The van der Waals surface area contributed by atoms with Crippen molar-refractivity contribution in [1.29, 1.82) is 0 Å². The first-order chi connectivity index (χ1) is 6.61. The van der Waals surface area contributed by atoms with Crippen LogP contribution in [0.15, 0.2) is 24.5 Å². The molecule has 1 aromatic rings. The van der Waals surface area contributed by atoms with Crippen molar-refractivity contribution < 1.29 is 30.6 Å². The standard InChI is InChI=1S/C11H15N2O.Sc/c1-8(2)11(9(3)14)13-10-5-4-6-12-7-10;/h4-8,11,13H,3H2,1-2H3;/q-1;/t11-;/m0./s1. The van der Waals surface area contributed by atoms with E-state index in [-0.39, 0.29) is 43.6 Å². The molecule has 0 amide bonds. The summed E-state index contributed by atoms with van der Waals surface area (Å²) >= 11 is 0. The molecule has 0 aliphatic rings. The fourth-order valence-electron chi connectivity index (χ4n) is 1.25. The zero-order valence-electron chi connectivity index (χ0n) is 9.10. The van der Waals surface area contributed by atoms with Gasteiger partial charge in [0.1, 0.15) is 0 Å². The molecule has 1 rings (SSSR count). The van der Waals surface area contributed by atoms with E-state index in [1.165, 1.54) is 0 Å². The van der Waals surface area contributed by atoms with Crippen LogP contribution >= 0.6 is 0 Å². The zero-order valence-corrected chi connectivity index (χ0v) is 10.9. The van der Waals surface area contributed by atoms with Gasteiger partial charge in [-0.25, -0.2) is 0 Å². The number of anilines is 1. The Bertz CT molecular complexity index is 301. The molecule has 0 unspecified atom stereocenters. The Labute approximate surface area is 109 Å². The molecule has 0 aliphatic heterocycles. The van der Waals surface area contributed by atoms with E-state index >= 15 is 0 Å². The summed E-state index contributed by atoms with van der Waals surface area (Å²) < 4.78 is 0. The van der Waals surface area contributed by atoms with Crippen LogP contribution in [0.25, 0.3) is 0 Å². The minimum absolute atomic E-state index is 0. The molecule has 0 aromatic carbocycles. The molecule has 1 aromatic heterocycles. The first kappa shape index (κ1) is 14.4. The van der Waals surface area contributed by atoms with E-state index in [0.717, 1.165) is 5.69 Å². The van der Waals surface area contributed by atoms with Crippen molar-refractivity contribution in [3.05, 3.63) is 31.5 Å². The number of nitrogens with one attached hydrogen (secondary N) is 1. The van der Waals surface area contributed by atoms with Crippen molar-refractivity contribution in [3.63, 3.8) is 0 Å². The second-order valence-corrected chi connectivity index (χ2v) is 3.57. The fraction of sp³-hybridized carbons (Fsp3) is 0.364. The molecule has 1 atom stereocenters. The van der Waals surface area contributed by atoms with Crippen molar-refractivity contribution in [3.8, 4) is 0 Å². The number of Topliss-reactive ketones (excluding diaryl/α,β-unsaturated/α-hetero) is 1. The van der Waals surface area contributed by atoms with E-state index < -0.39 is 0 Å². The summed E-state index contributed by atoms with van der Waals surface area (Å²) in [5.41, 5.74) is 0.850. The molecular formula is C11H15N2OSc-. The molecule has 1 radical (unpaired) electrons. The Kier molecular flexibility index (Phi) is 6.48. The van der Waals surface area contributed by atoms with Crippen LogP contribution in [0, 0.1) is 12.8 Å². The number of aromatic nitrogens is 1. The molecule has 0 aliphatic carbocycles. The number of nitrogens with zero attached hydrogens (tertiary/aromatic N) is 1. The van der Waals surface area contributed by atoms with Gasteiger partial charge in [0.15, 0.2) is 0 Å². The molecule has 3 nitrogen and oxygen atoms in total. The molecule has 1 heterocycles. The Balaban J connectivity index is 0.00000196. The molecule has 1 N–H and O–H groups in total. The number of hydrogen-bond donors (Lipinski definition) is 1. The van der Waals surface area contributed by atoms with Gasteiger partial charge < -0.3 is 17.0 Å². The summed E-state index contributed by atoms with van der Waals surface area (Å²) in [5, 5.41) is 3.10. The van der Waals surface area contributed by atoms with Gasteiger partial charge in [-0.05, 0) is 18.1 Å². The summed E-state index contributed by atoms with van der Waals surface area (Å²) in [6, 6.07) is 3.47. The first-order valence-electron chi connectivity index (χ1n) is 4.63. The Hall–Kier alpha value is -0.640. The molecule has 15 heavy (non-hydrogen) atoms. The average molecular weight is 236 g/mol. The second-order valence-electron chi connectivity index (χ2n) is 3.57. The maximum atomic E-state index is 11.2. The van der Waals surface area contributed by atoms with Gasteiger partial charge in [0, 0.05) is 44.0 Å². The van der Waals surface area contributed by atoms with Crippen LogP contribution in [0.1, 0.15) is 13.8 Å². The molecule has 4 heteroatoms. The fourth-order valence-corrected chi connectivity index (χ4v) is 1.25. The van der Waals surface area contributed by atoms with Gasteiger partial charge in [-0.2, -0.15) is 0 Å². The van der Waals surface area contributed by atoms with Crippen LogP contribution in [0.2, 0.25) is 0 Å². The van der Waals surface area contributed by atoms with E-state index in [0.29, 0.717) is 0 Å². The van der Waals surface area contributed by atoms with Crippen molar-refractivity contribution in [1.82, 2.24) is 4.98 Å². The average Bonchev–Trinajstić information content (AvgIpc) is 2.15. The third-order valence-corrected chi connectivity index (χ3v) is 2.00. The Morgan fingerprint density at radius 2 is 2.20 bits per heavy atom. The predicted octanol–water partition coefficient (Wildman–Crippen LogP) is 1.92. The largest absolute Gasteiger partial charge is 0.376 e. The quantitative estimate of drug-likeness (QED) is 0.812. The van der Waals surface area contributed by atoms with Crippen LogP contribution in [0.5, 0.6) is 0 Å². The van der Waals surface area contributed by atoms with Gasteiger partial charge in [0.2, 0.25) is 0 Å². The van der Waals surface area contributed by atoms with Crippen LogP contribution in [0.4, 0.5) is 5.69 Å². The summed E-state index contributed by atoms with van der Waals surface area (Å²) in [6.45, 7) is 7.40. The molecule has 0 fully saturated rings. The smallest absolute Gasteiger partial charge is 0.0584 e. The summed E-state index contributed by atoms with van der Waals surface area (Å²) in [7, 11) is 0. The minimum atomic E-state index is -0.237. The third kappa shape index (κ3) is 4.60. The van der Waals surface area contributed by atoms with Gasteiger partial charge in [-0.15, -0.1) is 0 Å². The molecular weight excluding hydrogens is 221 g/mol. The van der Waals surface area contributed by atoms with Crippen LogP contribution in [-0.4, -0.2) is 16.8 Å². The first-order valence-corrected chi connectivity index (χ1v) is 4.63. The second kappa shape index (κ2) is 6.77. The van der Waals surface area contributed by atoms with E-state index in [1.807, 2.05) is 26.0 Å². The summed E-state index contributed by atoms with van der Waals surface area (Å²) in [5.74, 6) is 0.129. The number of rotatable bonds is 4. The van der Waals surface area contributed by atoms with E-state index in [9.17, 15) is 4.79 Å². The molecule has 0 spiro atoms. The van der Waals surface area contributed by atoms with Crippen molar-refractivity contribution >= 4 is 11.5 Å². The maximum Gasteiger partial charge on any atom is 0.0584 e.